The number of rotatable bonds is 5. The molecule has 8 nitrogen and oxygen atoms in total. The van der Waals surface area contributed by atoms with E-state index in [-0.39, 0.29) is 48.0 Å². The Kier molecular flexibility index (Phi) is 7.79. The highest BCUT2D eigenvalue weighted by Crippen LogP contribution is 2.37. The molecule has 38 heavy (non-hydrogen) atoms. The van der Waals surface area contributed by atoms with E-state index in [4.69, 9.17) is 16.6 Å². The summed E-state index contributed by atoms with van der Waals surface area (Å²) in [6, 6.07) is 2.39. The average molecular weight is 554 g/mol. The summed E-state index contributed by atoms with van der Waals surface area (Å²) in [5.74, 6) is -0.477. The average Bonchev–Trinajstić information content (AvgIpc) is 3.32. The summed E-state index contributed by atoms with van der Waals surface area (Å²) >= 11 is 5.73. The first kappa shape index (κ1) is 27.9. The standard InChI is InChI=1S/C26H31ClF3N5O3/c1-13(2)32-25-33-21-12-34(23(37)16-6-8-20(27)19(11-16)26(28,29)30)14(3)9-18(21)24(38)35(25)17-7-5-15(10-17)22(36)31-4/h6,8,11,13-15,17H,5,7,9-10,12H2,1-4H3,(H,31,36)(H,32,33)/t14-,15+,17+/m1/s1. The topological polar surface area (TPSA) is 96.3 Å². The van der Waals surface area contributed by atoms with Crippen LogP contribution in [0.5, 0.6) is 0 Å². The number of nitrogens with zero attached hydrogens (tertiary/aromatic N) is 3. The van der Waals surface area contributed by atoms with Crippen LogP contribution in [0.4, 0.5) is 19.1 Å². The van der Waals surface area contributed by atoms with Crippen LogP contribution in [0.25, 0.3) is 0 Å². The maximum absolute atomic E-state index is 13.8. The van der Waals surface area contributed by atoms with Crippen molar-refractivity contribution in [3.63, 3.8) is 0 Å². The molecule has 206 valence electrons. The second-order valence-electron chi connectivity index (χ2n) is 10.3. The molecule has 0 spiro atoms. The van der Waals surface area contributed by atoms with Gasteiger partial charge in [-0.25, -0.2) is 4.98 Å². The number of nitrogens with one attached hydrogen (secondary N) is 2. The van der Waals surface area contributed by atoms with Gasteiger partial charge in [-0.1, -0.05) is 11.6 Å². The Balaban J connectivity index is 1.69. The van der Waals surface area contributed by atoms with E-state index in [0.29, 0.717) is 36.5 Å². The Morgan fingerprint density at radius 3 is 2.55 bits per heavy atom. The van der Waals surface area contributed by atoms with Crippen molar-refractivity contribution >= 4 is 29.4 Å². The number of anilines is 1. The van der Waals surface area contributed by atoms with E-state index in [2.05, 4.69) is 10.6 Å². The van der Waals surface area contributed by atoms with Gasteiger partial charge in [0.25, 0.3) is 11.5 Å². The van der Waals surface area contributed by atoms with Crippen molar-refractivity contribution in [1.29, 1.82) is 0 Å². The third kappa shape index (κ3) is 5.39. The molecule has 1 aromatic heterocycles. The summed E-state index contributed by atoms with van der Waals surface area (Å²) in [5.41, 5.74) is -0.549. The predicted octanol–water partition coefficient (Wildman–Crippen LogP) is 4.41. The molecule has 0 bridgehead atoms. The van der Waals surface area contributed by atoms with E-state index in [1.807, 2.05) is 13.8 Å². The van der Waals surface area contributed by atoms with E-state index < -0.39 is 28.7 Å². The van der Waals surface area contributed by atoms with Gasteiger partial charge in [0.1, 0.15) is 0 Å². The number of hydrogen-bond acceptors (Lipinski definition) is 5. The Bertz CT molecular complexity index is 1310. The first-order chi connectivity index (χ1) is 17.8. The number of amides is 2. The predicted molar refractivity (Wildman–Crippen MR) is 137 cm³/mol. The lowest BCUT2D eigenvalue weighted by Crippen LogP contribution is -2.46. The Morgan fingerprint density at radius 2 is 1.92 bits per heavy atom. The van der Waals surface area contributed by atoms with Gasteiger partial charge in [-0.15, -0.1) is 0 Å². The van der Waals surface area contributed by atoms with Crippen molar-refractivity contribution < 1.29 is 22.8 Å². The molecule has 1 saturated carbocycles. The summed E-state index contributed by atoms with van der Waals surface area (Å²) in [4.78, 5) is 45.4. The molecule has 2 aliphatic rings. The first-order valence-corrected chi connectivity index (χ1v) is 13.0. The van der Waals surface area contributed by atoms with E-state index in [0.717, 1.165) is 12.1 Å². The molecule has 0 unspecified atom stereocenters. The van der Waals surface area contributed by atoms with Crippen LogP contribution in [0.2, 0.25) is 5.02 Å². The molecule has 2 N–H and O–H groups in total. The smallest absolute Gasteiger partial charge is 0.359 e. The molecule has 1 fully saturated rings. The van der Waals surface area contributed by atoms with Crippen molar-refractivity contribution in [3.8, 4) is 0 Å². The molecular formula is C26H31ClF3N5O3. The van der Waals surface area contributed by atoms with Crippen LogP contribution < -0.4 is 16.2 Å². The third-order valence-corrected chi connectivity index (χ3v) is 7.56. The molecule has 0 radical (unpaired) electrons. The van der Waals surface area contributed by atoms with Gasteiger partial charge in [-0.05, 0) is 64.7 Å². The maximum atomic E-state index is 13.8. The lowest BCUT2D eigenvalue weighted by atomic mass is 9.98. The summed E-state index contributed by atoms with van der Waals surface area (Å²) < 4.78 is 41.8. The van der Waals surface area contributed by atoms with Gasteiger partial charge in [0.2, 0.25) is 11.9 Å². The zero-order valence-corrected chi connectivity index (χ0v) is 22.4. The van der Waals surface area contributed by atoms with Gasteiger partial charge in [-0.3, -0.25) is 19.0 Å². The fourth-order valence-corrected chi connectivity index (χ4v) is 5.54. The number of benzene rings is 1. The second kappa shape index (κ2) is 10.6. The maximum Gasteiger partial charge on any atom is 0.417 e. The minimum atomic E-state index is -4.70. The molecule has 12 heteroatoms. The molecule has 1 aromatic carbocycles. The van der Waals surface area contributed by atoms with Crippen LogP contribution in [-0.4, -0.2) is 45.4 Å². The van der Waals surface area contributed by atoms with Crippen LogP contribution in [0.3, 0.4) is 0 Å². The molecule has 1 aliphatic heterocycles. The van der Waals surface area contributed by atoms with Crippen LogP contribution in [0.1, 0.15) is 73.3 Å². The van der Waals surface area contributed by atoms with Crippen molar-refractivity contribution in [3.05, 3.63) is 56.0 Å². The van der Waals surface area contributed by atoms with Crippen LogP contribution in [0.15, 0.2) is 23.0 Å². The van der Waals surface area contributed by atoms with Gasteiger partial charge < -0.3 is 15.5 Å². The number of hydrogen-bond donors (Lipinski definition) is 2. The molecule has 3 atom stereocenters. The zero-order chi connectivity index (χ0) is 27.9. The van der Waals surface area contributed by atoms with Gasteiger partial charge in [0.15, 0.2) is 0 Å². The summed E-state index contributed by atoms with van der Waals surface area (Å²) in [6.45, 7) is 5.56. The van der Waals surface area contributed by atoms with Crippen molar-refractivity contribution in [2.75, 3.05) is 12.4 Å². The minimum absolute atomic E-state index is 0.0201. The van der Waals surface area contributed by atoms with Crippen LogP contribution in [-0.2, 0) is 23.9 Å². The largest absolute Gasteiger partial charge is 0.417 e. The van der Waals surface area contributed by atoms with Crippen molar-refractivity contribution in [1.82, 2.24) is 19.8 Å². The fraction of sp³-hybridized carbons (Fsp3) is 0.538. The first-order valence-electron chi connectivity index (χ1n) is 12.6. The van der Waals surface area contributed by atoms with Crippen LogP contribution >= 0.6 is 11.6 Å². The molecular weight excluding hydrogens is 523 g/mol. The zero-order valence-electron chi connectivity index (χ0n) is 21.7. The lowest BCUT2D eigenvalue weighted by Gasteiger charge is -2.35. The highest BCUT2D eigenvalue weighted by Gasteiger charge is 2.38. The number of alkyl halides is 3. The van der Waals surface area contributed by atoms with E-state index >= 15 is 0 Å². The van der Waals surface area contributed by atoms with E-state index in [1.54, 1.807) is 18.5 Å². The van der Waals surface area contributed by atoms with Crippen molar-refractivity contribution in [2.24, 2.45) is 5.92 Å². The Morgan fingerprint density at radius 1 is 1.21 bits per heavy atom. The number of carbonyl (C=O) groups is 2. The Hall–Kier alpha value is -3.08. The van der Waals surface area contributed by atoms with E-state index in [9.17, 15) is 27.6 Å². The number of fused-ring (bicyclic) bond motifs is 1. The summed E-state index contributed by atoms with van der Waals surface area (Å²) in [7, 11) is 1.59. The highest BCUT2D eigenvalue weighted by atomic mass is 35.5. The number of aromatic nitrogens is 2. The van der Waals surface area contributed by atoms with Gasteiger partial charge in [-0.2, -0.15) is 13.2 Å². The Labute approximate surface area is 223 Å². The quantitative estimate of drug-likeness (QED) is 0.572. The molecule has 2 aromatic rings. The van der Waals surface area contributed by atoms with E-state index in [1.165, 1.54) is 11.0 Å². The monoisotopic (exact) mass is 553 g/mol. The normalized spacial score (nSPS) is 21.4. The molecule has 1 aliphatic carbocycles. The number of halogens is 4. The SMILES string of the molecule is CNC(=O)[C@H]1CC[C@H](n2c(NC(C)C)nc3c(c2=O)C[C@@H](C)N(C(=O)c2ccc(Cl)c(C(F)(F)F)c2)C3)C1. The molecule has 0 saturated heterocycles. The second-order valence-corrected chi connectivity index (χ2v) is 10.7. The van der Waals surface area contributed by atoms with Gasteiger partial charge in [0, 0.05) is 42.2 Å². The number of carbonyl (C=O) groups excluding carboxylic acids is 2. The molecule has 2 heterocycles. The summed E-state index contributed by atoms with van der Waals surface area (Å²) in [5, 5.41) is 5.42. The lowest BCUT2D eigenvalue weighted by molar-refractivity contribution is -0.137. The van der Waals surface area contributed by atoms with Gasteiger partial charge >= 0.3 is 6.18 Å². The summed E-state index contributed by atoms with van der Waals surface area (Å²) in [6.07, 6.45) is -2.65. The van der Waals surface area contributed by atoms with Gasteiger partial charge in [0.05, 0.1) is 22.8 Å². The van der Waals surface area contributed by atoms with Crippen molar-refractivity contribution in [2.45, 2.75) is 77.3 Å². The molecule has 4 rings (SSSR count). The minimum Gasteiger partial charge on any atom is -0.359 e. The highest BCUT2D eigenvalue weighted by molar-refractivity contribution is 6.31. The molecule has 2 amide bonds. The fourth-order valence-electron chi connectivity index (χ4n) is 5.32. The third-order valence-electron chi connectivity index (χ3n) is 7.23. The van der Waals surface area contributed by atoms with Crippen LogP contribution in [0, 0.1) is 5.92 Å².